The monoisotopic (exact) mass is 843 g/mol. The molecule has 2 unspecified atom stereocenters. The van der Waals surface area contributed by atoms with Gasteiger partial charge in [-0.2, -0.15) is 0 Å². The van der Waals surface area contributed by atoms with Crippen molar-refractivity contribution in [1.82, 2.24) is 30.1 Å². The van der Waals surface area contributed by atoms with E-state index < -0.39 is 21.1 Å². The lowest BCUT2D eigenvalue weighted by Gasteiger charge is -2.48. The first kappa shape index (κ1) is 40.9. The van der Waals surface area contributed by atoms with Gasteiger partial charge in [0.05, 0.1) is 27.2 Å². The van der Waals surface area contributed by atoms with Crippen molar-refractivity contribution in [3.05, 3.63) is 76.7 Å². The van der Waals surface area contributed by atoms with E-state index in [0.717, 1.165) is 81.2 Å². The van der Waals surface area contributed by atoms with Crippen LogP contribution in [0.25, 0.3) is 21.8 Å². The van der Waals surface area contributed by atoms with Crippen molar-refractivity contribution in [2.24, 2.45) is 11.1 Å². The topological polar surface area (TPSA) is 198 Å². The second-order valence-electron chi connectivity index (χ2n) is 16.2. The molecule has 0 saturated carbocycles. The van der Waals surface area contributed by atoms with E-state index in [1.165, 1.54) is 17.4 Å². The molecule has 4 saturated heterocycles. The van der Waals surface area contributed by atoms with Gasteiger partial charge in [-0.3, -0.25) is 24.6 Å². The lowest BCUT2D eigenvalue weighted by Crippen LogP contribution is -2.62. The number of nitrogens with one attached hydrogen (secondary N) is 1. The fourth-order valence-electron chi connectivity index (χ4n) is 9.08. The molecule has 4 aliphatic rings. The molecule has 59 heavy (non-hydrogen) atoms. The first-order chi connectivity index (χ1) is 28.4. The number of nitrogens with two attached hydrogens (primary N) is 2. The normalized spacial score (nSPS) is 20.7. The molecule has 8 rings (SSSR count). The van der Waals surface area contributed by atoms with E-state index >= 15 is 4.39 Å². The summed E-state index contributed by atoms with van der Waals surface area (Å²) in [5.74, 6) is -0.610. The van der Waals surface area contributed by atoms with Gasteiger partial charge in [-0.1, -0.05) is 31.2 Å². The third-order valence-electron chi connectivity index (χ3n) is 12.5. The van der Waals surface area contributed by atoms with Crippen LogP contribution in [0.4, 0.5) is 16.0 Å². The SMILES string of the molecule is CCC(c1cccc(-c2nc(C3CCN(C4CN(C(=O)CC5CCN(c6ccc(C7CCC(=O)NC7=O)cc6)CC5)C4)CC3)sc2-c2ccnc(N)n2)c1F)S(N)(=O)=O. The van der Waals surface area contributed by atoms with Crippen LogP contribution >= 0.6 is 11.3 Å². The predicted molar refractivity (Wildman–Crippen MR) is 224 cm³/mol. The summed E-state index contributed by atoms with van der Waals surface area (Å²) in [7, 11) is -4.05. The molecular weight excluding hydrogens is 794 g/mol. The minimum absolute atomic E-state index is 0.00892. The van der Waals surface area contributed by atoms with Crippen LogP contribution < -0.4 is 21.1 Å². The number of sulfonamides is 1. The number of nitrogens with zero attached hydrogens (tertiary/aromatic N) is 6. The van der Waals surface area contributed by atoms with Crippen LogP contribution in [-0.2, 0) is 24.4 Å². The number of primary sulfonamides is 1. The first-order valence-corrected chi connectivity index (χ1v) is 22.9. The molecule has 0 aliphatic carbocycles. The lowest BCUT2D eigenvalue weighted by molar-refractivity contribution is -0.140. The summed E-state index contributed by atoms with van der Waals surface area (Å²) in [6.07, 6.45) is 6.73. The van der Waals surface area contributed by atoms with Gasteiger partial charge in [0, 0.05) is 74.0 Å². The maximum atomic E-state index is 16.2. The van der Waals surface area contributed by atoms with E-state index in [2.05, 4.69) is 37.2 Å². The molecule has 0 bridgehead atoms. The van der Waals surface area contributed by atoms with Gasteiger partial charge in [-0.05, 0) is 87.4 Å². The first-order valence-electron chi connectivity index (χ1n) is 20.5. The number of amides is 3. The Morgan fingerprint density at radius 2 is 1.71 bits per heavy atom. The van der Waals surface area contributed by atoms with Crippen molar-refractivity contribution in [2.75, 3.05) is 49.9 Å². The smallest absolute Gasteiger partial charge is 0.234 e. The summed E-state index contributed by atoms with van der Waals surface area (Å²) in [5, 5.41) is 7.60. The highest BCUT2D eigenvalue weighted by atomic mass is 32.2. The second-order valence-corrected chi connectivity index (χ2v) is 19.0. The minimum Gasteiger partial charge on any atom is -0.372 e. The van der Waals surface area contributed by atoms with Gasteiger partial charge in [-0.15, -0.1) is 11.3 Å². The number of likely N-dealkylation sites (tertiary alicyclic amines) is 2. The molecule has 2 atom stereocenters. The summed E-state index contributed by atoms with van der Waals surface area (Å²) in [6.45, 7) is 6.58. The van der Waals surface area contributed by atoms with Gasteiger partial charge < -0.3 is 15.5 Å². The summed E-state index contributed by atoms with van der Waals surface area (Å²) in [5.41, 5.74) is 9.07. The van der Waals surface area contributed by atoms with Gasteiger partial charge in [0.25, 0.3) is 0 Å². The molecule has 17 heteroatoms. The van der Waals surface area contributed by atoms with Crippen molar-refractivity contribution in [1.29, 1.82) is 0 Å². The molecule has 4 fully saturated rings. The van der Waals surface area contributed by atoms with Crippen LogP contribution in [0.15, 0.2) is 54.7 Å². The highest BCUT2D eigenvalue weighted by Crippen LogP contribution is 2.43. The molecule has 6 heterocycles. The number of anilines is 2. The Kier molecular flexibility index (Phi) is 11.8. The molecule has 5 N–H and O–H groups in total. The van der Waals surface area contributed by atoms with Gasteiger partial charge in [0.15, 0.2) is 0 Å². The van der Waals surface area contributed by atoms with Gasteiger partial charge in [0.2, 0.25) is 33.7 Å². The second kappa shape index (κ2) is 17.0. The van der Waals surface area contributed by atoms with Gasteiger partial charge in [0.1, 0.15) is 11.1 Å². The highest BCUT2D eigenvalue weighted by molar-refractivity contribution is 7.89. The Hall–Kier alpha value is -4.84. The predicted octanol–water partition coefficient (Wildman–Crippen LogP) is 4.95. The summed E-state index contributed by atoms with van der Waals surface area (Å²) in [6, 6.07) is 14.8. The Morgan fingerprint density at radius 1 is 0.983 bits per heavy atom. The van der Waals surface area contributed by atoms with Crippen LogP contribution in [0.2, 0.25) is 0 Å². The van der Waals surface area contributed by atoms with E-state index in [4.69, 9.17) is 15.9 Å². The van der Waals surface area contributed by atoms with Crippen LogP contribution in [-0.4, -0.2) is 96.2 Å². The van der Waals surface area contributed by atoms with Crippen molar-refractivity contribution in [2.45, 2.75) is 81.4 Å². The average molecular weight is 844 g/mol. The third-order valence-corrected chi connectivity index (χ3v) is 15.2. The van der Waals surface area contributed by atoms with E-state index in [9.17, 15) is 22.8 Å². The highest BCUT2D eigenvalue weighted by Gasteiger charge is 2.38. The number of aromatic nitrogens is 3. The Bertz CT molecular complexity index is 2320. The summed E-state index contributed by atoms with van der Waals surface area (Å²) < 4.78 is 41.0. The number of hydrogen-bond donors (Lipinski definition) is 3. The third kappa shape index (κ3) is 8.74. The number of rotatable bonds is 11. The average Bonchev–Trinajstić information content (AvgIpc) is 3.64. The quantitative estimate of drug-likeness (QED) is 0.173. The van der Waals surface area contributed by atoms with Crippen LogP contribution in [0, 0.1) is 11.7 Å². The zero-order chi connectivity index (χ0) is 41.4. The largest absolute Gasteiger partial charge is 0.372 e. The van der Waals surface area contributed by atoms with Crippen LogP contribution in [0.5, 0.6) is 0 Å². The Labute approximate surface area is 347 Å². The Balaban J connectivity index is 0.843. The van der Waals surface area contributed by atoms with E-state index in [-0.39, 0.29) is 53.1 Å². The van der Waals surface area contributed by atoms with Crippen molar-refractivity contribution in [3.8, 4) is 21.8 Å². The number of piperidine rings is 3. The molecule has 14 nitrogen and oxygen atoms in total. The number of carbonyl (C=O) groups is 3. The standard InChI is InChI=1S/C42H50FN9O5S2/c1-2-34(59(45,56)57)31-4-3-5-32(37(31)43)38-39(33-12-17-46-42(44)47-33)58-41(49-38)27-15-20-51(21-16-27)29-23-52(24-29)36(54)22-25-13-18-50(19-14-25)28-8-6-26(7-9-28)30-10-11-35(53)48-40(30)55/h3-9,12,17,25,27,29-30,34H,2,10-11,13-16,18-24H2,1H3,(H2,44,46,47)(H2,45,56,57)(H,48,53,55). The number of hydrogen-bond acceptors (Lipinski definition) is 12. The van der Waals surface area contributed by atoms with E-state index in [1.54, 1.807) is 31.3 Å². The molecule has 3 amide bonds. The van der Waals surface area contributed by atoms with Crippen molar-refractivity contribution < 1.29 is 27.2 Å². The number of nitrogen functional groups attached to an aromatic ring is 1. The summed E-state index contributed by atoms with van der Waals surface area (Å²) in [4.78, 5) is 58.0. The van der Waals surface area contributed by atoms with Gasteiger partial charge in [-0.25, -0.2) is 32.9 Å². The minimum atomic E-state index is -4.05. The maximum absolute atomic E-state index is 16.2. The molecule has 312 valence electrons. The van der Waals surface area contributed by atoms with E-state index in [0.29, 0.717) is 47.5 Å². The molecule has 0 radical (unpaired) electrons. The van der Waals surface area contributed by atoms with Crippen LogP contribution in [0.3, 0.4) is 0 Å². The number of halogens is 1. The molecular formula is C42H50FN9O5S2. The Morgan fingerprint density at radius 3 is 2.37 bits per heavy atom. The fraction of sp³-hybridized carbons (Fsp3) is 0.476. The molecule has 2 aromatic carbocycles. The molecule has 2 aromatic heterocycles. The maximum Gasteiger partial charge on any atom is 0.234 e. The lowest BCUT2D eigenvalue weighted by atomic mass is 9.89. The van der Waals surface area contributed by atoms with Crippen molar-refractivity contribution in [3.63, 3.8) is 0 Å². The number of carbonyl (C=O) groups excluding carboxylic acids is 3. The number of imide groups is 1. The molecule has 4 aromatic rings. The van der Waals surface area contributed by atoms with E-state index in [1.807, 2.05) is 17.0 Å². The van der Waals surface area contributed by atoms with Gasteiger partial charge >= 0.3 is 0 Å². The van der Waals surface area contributed by atoms with Crippen LogP contribution in [0.1, 0.15) is 91.5 Å². The molecule has 4 aliphatic heterocycles. The zero-order valence-electron chi connectivity index (χ0n) is 33.1. The number of thiazole rings is 1. The number of benzene rings is 2. The fourth-order valence-corrected chi connectivity index (χ4v) is 11.3. The summed E-state index contributed by atoms with van der Waals surface area (Å²) >= 11 is 1.45. The molecule has 0 spiro atoms. The van der Waals surface area contributed by atoms with Crippen molar-refractivity contribution >= 4 is 50.7 Å². The zero-order valence-corrected chi connectivity index (χ0v) is 34.7.